The molecule has 0 saturated carbocycles. The Morgan fingerprint density at radius 1 is 0.833 bits per heavy atom. The molecule has 0 spiro atoms. The van der Waals surface area contributed by atoms with Crippen LogP contribution in [0.15, 0.2) is 91.1 Å². The average Bonchev–Trinajstić information content (AvgIpc) is 3.56. The molecule has 0 radical (unpaired) electrons. The van der Waals surface area contributed by atoms with Crippen LogP contribution < -0.4 is 4.74 Å². The van der Waals surface area contributed by atoms with Crippen molar-refractivity contribution in [2.45, 2.75) is 66.7 Å². The Labute approximate surface area is 297 Å². The monoisotopic (exact) mass is 811 g/mol. The number of fused-ring (bicyclic) bond motifs is 3. The summed E-state index contributed by atoms with van der Waals surface area (Å²) in [6.45, 7) is 12.9. The molecule has 0 aliphatic rings. The number of rotatable bonds is 9. The van der Waals surface area contributed by atoms with Crippen LogP contribution in [0.5, 0.6) is 11.5 Å². The summed E-state index contributed by atoms with van der Waals surface area (Å²) in [6.07, 6.45) is 5.28. The van der Waals surface area contributed by atoms with Gasteiger partial charge in [0.15, 0.2) is 0 Å². The standard InChI is InChI=1S/C42H40N4O.Pt/c1-7-8-12-31-15-18-39-38(22-31)37-17-16-35(26-40(37)45(39)41-21-28(4)19-20-43-41)47-36-24-33(27(2)3)23-34(25-36)46-30(6)42(29(5)44-46)32-13-10-9-11-14-32;/h9-11,13-24,27H,7-8,12H2,1-6H3;/q-2;+2. The smallest absolute Gasteiger partial charge is 0.509 e. The van der Waals surface area contributed by atoms with Crippen molar-refractivity contribution in [3.05, 3.63) is 131 Å². The summed E-state index contributed by atoms with van der Waals surface area (Å²) >= 11 is 0. The van der Waals surface area contributed by atoms with Gasteiger partial charge in [0.2, 0.25) is 0 Å². The Morgan fingerprint density at radius 2 is 1.65 bits per heavy atom. The summed E-state index contributed by atoms with van der Waals surface area (Å²) in [5.74, 6) is 2.42. The van der Waals surface area contributed by atoms with Crippen LogP contribution >= 0.6 is 0 Å². The molecule has 48 heavy (non-hydrogen) atoms. The second-order valence-electron chi connectivity index (χ2n) is 12.8. The first-order chi connectivity index (χ1) is 22.8. The normalized spacial score (nSPS) is 11.4. The van der Waals surface area contributed by atoms with Crippen LogP contribution in [0.2, 0.25) is 0 Å². The number of unbranched alkanes of at least 4 members (excludes halogenated alkanes) is 1. The molecule has 0 aliphatic carbocycles. The number of aromatic nitrogens is 4. The fraction of sp³-hybridized carbons (Fsp3) is 0.238. The maximum Gasteiger partial charge on any atom is 2.00 e. The van der Waals surface area contributed by atoms with E-state index in [-0.39, 0.29) is 21.1 Å². The zero-order chi connectivity index (χ0) is 32.7. The second kappa shape index (κ2) is 13.9. The molecule has 6 heteroatoms. The van der Waals surface area contributed by atoms with Crippen molar-refractivity contribution in [1.29, 1.82) is 0 Å². The number of benzene rings is 4. The van der Waals surface area contributed by atoms with E-state index in [4.69, 9.17) is 14.8 Å². The summed E-state index contributed by atoms with van der Waals surface area (Å²) < 4.78 is 10.8. The Morgan fingerprint density at radius 3 is 2.40 bits per heavy atom. The van der Waals surface area contributed by atoms with Gasteiger partial charge < -0.3 is 9.30 Å². The number of pyridine rings is 1. The minimum Gasteiger partial charge on any atom is -0.509 e. The van der Waals surface area contributed by atoms with Gasteiger partial charge in [-0.15, -0.1) is 41.3 Å². The van der Waals surface area contributed by atoms with Crippen LogP contribution in [-0.4, -0.2) is 19.3 Å². The van der Waals surface area contributed by atoms with E-state index in [9.17, 15) is 0 Å². The van der Waals surface area contributed by atoms with Gasteiger partial charge in [0.05, 0.1) is 5.69 Å². The zero-order valence-corrected chi connectivity index (χ0v) is 30.6. The molecule has 3 heterocycles. The molecule has 4 aromatic carbocycles. The molecule has 244 valence electrons. The van der Waals surface area contributed by atoms with Crippen molar-refractivity contribution in [3.63, 3.8) is 0 Å². The van der Waals surface area contributed by atoms with Gasteiger partial charge >= 0.3 is 21.1 Å². The Bertz CT molecular complexity index is 2230. The van der Waals surface area contributed by atoms with E-state index in [2.05, 4.69) is 125 Å². The Balaban J connectivity index is 0.00000401. The Kier molecular flexibility index (Phi) is 9.71. The fourth-order valence-corrected chi connectivity index (χ4v) is 6.52. The minimum absolute atomic E-state index is 0. The van der Waals surface area contributed by atoms with E-state index in [1.165, 1.54) is 23.8 Å². The molecule has 0 unspecified atom stereocenters. The van der Waals surface area contributed by atoms with Crippen LogP contribution in [0.4, 0.5) is 0 Å². The first-order valence-corrected chi connectivity index (χ1v) is 16.6. The molecule has 0 atom stereocenters. The van der Waals surface area contributed by atoms with Crippen LogP contribution in [0.25, 0.3) is 44.4 Å². The first kappa shape index (κ1) is 33.4. The third kappa shape index (κ3) is 6.36. The van der Waals surface area contributed by atoms with Crippen molar-refractivity contribution < 1.29 is 25.8 Å². The van der Waals surface area contributed by atoms with Crippen LogP contribution in [0, 0.1) is 32.9 Å². The van der Waals surface area contributed by atoms with Gasteiger partial charge in [-0.2, -0.15) is 11.2 Å². The summed E-state index contributed by atoms with van der Waals surface area (Å²) in [7, 11) is 0. The number of hydrogen-bond acceptors (Lipinski definition) is 3. The number of aryl methyl sites for hydroxylation is 3. The van der Waals surface area contributed by atoms with E-state index >= 15 is 0 Å². The van der Waals surface area contributed by atoms with Crippen molar-refractivity contribution in [2.75, 3.05) is 0 Å². The maximum absolute atomic E-state index is 6.60. The zero-order valence-electron chi connectivity index (χ0n) is 28.4. The van der Waals surface area contributed by atoms with Crippen molar-refractivity contribution in [2.24, 2.45) is 0 Å². The molecule has 7 aromatic rings. The van der Waals surface area contributed by atoms with Gasteiger partial charge in [-0.25, -0.2) is 4.98 Å². The third-order valence-electron chi connectivity index (χ3n) is 8.98. The second-order valence-corrected chi connectivity index (χ2v) is 12.8. The van der Waals surface area contributed by atoms with Crippen LogP contribution in [-0.2, 0) is 27.5 Å². The summed E-state index contributed by atoms with van der Waals surface area (Å²) in [6, 6.07) is 37.0. The van der Waals surface area contributed by atoms with E-state index in [0.29, 0.717) is 17.4 Å². The van der Waals surface area contributed by atoms with Gasteiger partial charge in [-0.05, 0) is 85.5 Å². The van der Waals surface area contributed by atoms with Gasteiger partial charge in [-0.1, -0.05) is 75.2 Å². The van der Waals surface area contributed by atoms with Crippen LogP contribution in [0.1, 0.15) is 67.6 Å². The first-order valence-electron chi connectivity index (χ1n) is 16.6. The number of nitrogens with zero attached hydrogens (tertiary/aromatic N) is 4. The summed E-state index contributed by atoms with van der Waals surface area (Å²) in [4.78, 5) is 4.77. The molecule has 0 amide bonds. The molecule has 0 N–H and O–H groups in total. The molecule has 3 aromatic heterocycles. The predicted octanol–water partition coefficient (Wildman–Crippen LogP) is 10.8. The predicted molar refractivity (Wildman–Crippen MR) is 192 cm³/mol. The van der Waals surface area contributed by atoms with Gasteiger partial charge in [0.25, 0.3) is 0 Å². The quantitative estimate of drug-likeness (QED) is 0.136. The maximum atomic E-state index is 6.60. The van der Waals surface area contributed by atoms with Crippen LogP contribution in [0.3, 0.4) is 0 Å². The van der Waals surface area contributed by atoms with Gasteiger partial charge in [0.1, 0.15) is 5.82 Å². The minimum atomic E-state index is 0. The van der Waals surface area contributed by atoms with E-state index in [1.807, 2.05) is 29.1 Å². The SMILES string of the molecule is CCCCc1ccc2c(c1)c1ccc(Oc3[c-]c(-n4nc(C)c(-c5ccccc5)c4C)cc(C(C)C)c3)[c-]c1n2-c1cc(C)ccn1.[Pt+2]. The van der Waals surface area contributed by atoms with Crippen molar-refractivity contribution >= 4 is 21.8 Å². The van der Waals surface area contributed by atoms with E-state index < -0.39 is 0 Å². The molecule has 0 fully saturated rings. The molecule has 5 nitrogen and oxygen atoms in total. The molecule has 0 aliphatic heterocycles. The largest absolute Gasteiger partial charge is 2.00 e. The summed E-state index contributed by atoms with van der Waals surface area (Å²) in [5.41, 5.74) is 10.9. The Hall–Kier alpha value is -4.47. The van der Waals surface area contributed by atoms with Gasteiger partial charge in [-0.3, -0.25) is 4.68 Å². The van der Waals surface area contributed by atoms with E-state index in [0.717, 1.165) is 68.0 Å². The molecule has 7 rings (SSSR count). The fourth-order valence-electron chi connectivity index (χ4n) is 6.52. The molecule has 0 saturated heterocycles. The number of hydrogen-bond donors (Lipinski definition) is 0. The topological polar surface area (TPSA) is 44.9 Å². The van der Waals surface area contributed by atoms with Crippen molar-refractivity contribution in [3.8, 4) is 34.1 Å². The number of ether oxygens (including phenoxy) is 1. The molecular weight excluding hydrogens is 772 g/mol. The molecular formula is C42H40N4OPt. The van der Waals surface area contributed by atoms with Crippen molar-refractivity contribution in [1.82, 2.24) is 19.3 Å². The summed E-state index contributed by atoms with van der Waals surface area (Å²) in [5, 5.41) is 7.29. The third-order valence-corrected chi connectivity index (χ3v) is 8.98. The molecule has 0 bridgehead atoms. The van der Waals surface area contributed by atoms with Gasteiger partial charge in [0, 0.05) is 34.5 Å². The average molecular weight is 812 g/mol. The van der Waals surface area contributed by atoms with E-state index in [1.54, 1.807) is 0 Å².